The van der Waals surface area contributed by atoms with Crippen LogP contribution in [0.15, 0.2) is 91.1 Å². The largest absolute Gasteiger partial charge is 0.326 e. The fourth-order valence-electron chi connectivity index (χ4n) is 6.48. The molecule has 240 valence electrons. The van der Waals surface area contributed by atoms with E-state index in [1.165, 1.54) is 43.2 Å². The molecule has 0 spiro atoms. The van der Waals surface area contributed by atoms with Crippen LogP contribution in [0, 0.1) is 0 Å². The summed E-state index contributed by atoms with van der Waals surface area (Å²) in [5.41, 5.74) is 7.07. The summed E-state index contributed by atoms with van der Waals surface area (Å²) < 4.78 is 29.7. The van der Waals surface area contributed by atoms with Crippen molar-refractivity contribution in [1.82, 2.24) is 14.3 Å². The summed E-state index contributed by atoms with van der Waals surface area (Å²) in [6.45, 7) is -0.336. The van der Waals surface area contributed by atoms with Crippen molar-refractivity contribution in [1.29, 1.82) is 0 Å². The second kappa shape index (κ2) is 13.0. The standard InChI is InChI=1S/C36H31Cl3N4O3S/c37-28-14-16-30(31(38)19-28)33-21-42(29-15-17-34(32(39)20-29)43-22-36(44)41-47(43,45)46)35(40-33)18-23-6-8-25(9-7-23)27-12-10-26(11-13-27)24-4-2-1-3-5-24/h6-17,19-21,24H,1-5,18,22H2,(H,41,44). The number of hydrogen-bond donors (Lipinski definition) is 1. The maximum atomic E-state index is 12.4. The van der Waals surface area contributed by atoms with Gasteiger partial charge in [0.25, 0.3) is 5.91 Å². The molecule has 7 nitrogen and oxygen atoms in total. The highest BCUT2D eigenvalue weighted by Gasteiger charge is 2.35. The van der Waals surface area contributed by atoms with E-state index in [4.69, 9.17) is 39.8 Å². The predicted molar refractivity (Wildman–Crippen MR) is 189 cm³/mol. The van der Waals surface area contributed by atoms with Gasteiger partial charge < -0.3 is 4.57 Å². The van der Waals surface area contributed by atoms with Crippen LogP contribution in [-0.4, -0.2) is 30.4 Å². The van der Waals surface area contributed by atoms with Gasteiger partial charge in [-0.05, 0) is 77.4 Å². The van der Waals surface area contributed by atoms with E-state index in [1.807, 2.05) is 21.6 Å². The third kappa shape index (κ3) is 6.65. The molecule has 7 rings (SSSR count). The molecule has 0 atom stereocenters. The lowest BCUT2D eigenvalue weighted by Crippen LogP contribution is -2.29. The first-order valence-electron chi connectivity index (χ1n) is 15.5. The molecule has 1 saturated heterocycles. The molecular formula is C36H31Cl3N4O3S. The highest BCUT2D eigenvalue weighted by molar-refractivity contribution is 7.92. The van der Waals surface area contributed by atoms with Crippen molar-refractivity contribution < 1.29 is 13.2 Å². The van der Waals surface area contributed by atoms with Crippen LogP contribution in [0.4, 0.5) is 5.69 Å². The zero-order valence-corrected chi connectivity index (χ0v) is 28.4. The molecule has 0 radical (unpaired) electrons. The van der Waals surface area contributed by atoms with E-state index >= 15 is 0 Å². The lowest BCUT2D eigenvalue weighted by atomic mass is 9.83. The molecular weight excluding hydrogens is 675 g/mol. The Bertz CT molecular complexity index is 2070. The Morgan fingerprint density at radius 3 is 2.15 bits per heavy atom. The lowest BCUT2D eigenvalue weighted by molar-refractivity contribution is -0.117. The Hall–Kier alpha value is -3.82. The van der Waals surface area contributed by atoms with Crippen LogP contribution < -0.4 is 9.03 Å². The van der Waals surface area contributed by atoms with E-state index in [0.717, 1.165) is 26.8 Å². The number of nitrogens with zero attached hydrogens (tertiary/aromatic N) is 3. The van der Waals surface area contributed by atoms with Gasteiger partial charge in [-0.25, -0.2) is 14.0 Å². The van der Waals surface area contributed by atoms with Crippen LogP contribution in [0.25, 0.3) is 28.1 Å². The van der Waals surface area contributed by atoms with E-state index in [-0.39, 0.29) is 17.3 Å². The van der Waals surface area contributed by atoms with Gasteiger partial charge in [-0.3, -0.25) is 4.79 Å². The van der Waals surface area contributed by atoms with Crippen molar-refractivity contribution in [2.75, 3.05) is 10.8 Å². The molecule has 2 fully saturated rings. The van der Waals surface area contributed by atoms with Gasteiger partial charge in [0.05, 0.1) is 21.4 Å². The van der Waals surface area contributed by atoms with Crippen LogP contribution in [0.2, 0.25) is 15.1 Å². The number of hydrogen-bond acceptors (Lipinski definition) is 4. The quantitative estimate of drug-likeness (QED) is 0.183. The molecule has 1 aliphatic heterocycles. The number of halogens is 3. The zero-order valence-electron chi connectivity index (χ0n) is 25.3. The number of imidazole rings is 1. The molecule has 1 aliphatic carbocycles. The molecule has 2 heterocycles. The Kier molecular flexibility index (Phi) is 8.78. The van der Waals surface area contributed by atoms with Crippen molar-refractivity contribution in [2.45, 2.75) is 44.4 Å². The second-order valence-electron chi connectivity index (χ2n) is 12.0. The first-order valence-corrected chi connectivity index (χ1v) is 18.1. The Morgan fingerprint density at radius 2 is 1.51 bits per heavy atom. The van der Waals surface area contributed by atoms with Crippen molar-refractivity contribution in [3.8, 4) is 28.1 Å². The van der Waals surface area contributed by atoms with E-state index in [1.54, 1.807) is 30.3 Å². The van der Waals surface area contributed by atoms with Crippen LogP contribution in [0.5, 0.6) is 0 Å². The summed E-state index contributed by atoms with van der Waals surface area (Å²) in [5.74, 6) is 0.788. The van der Waals surface area contributed by atoms with Crippen LogP contribution in [0.1, 0.15) is 55.0 Å². The molecule has 47 heavy (non-hydrogen) atoms. The summed E-state index contributed by atoms with van der Waals surface area (Å²) in [4.78, 5) is 16.8. The number of amides is 1. The number of aromatic nitrogens is 2. The number of carbonyl (C=O) groups excluding carboxylic acids is 1. The van der Waals surface area contributed by atoms with Gasteiger partial charge in [-0.2, -0.15) is 8.42 Å². The third-order valence-corrected chi connectivity index (χ3v) is 11.2. The van der Waals surface area contributed by atoms with Crippen molar-refractivity contribution >= 4 is 56.6 Å². The number of rotatable bonds is 7. The van der Waals surface area contributed by atoms with Crippen molar-refractivity contribution in [3.63, 3.8) is 0 Å². The highest BCUT2D eigenvalue weighted by Crippen LogP contribution is 2.36. The molecule has 5 aromatic rings. The second-order valence-corrected chi connectivity index (χ2v) is 14.9. The summed E-state index contributed by atoms with van der Waals surface area (Å²) in [6, 6.07) is 27.7. The van der Waals surface area contributed by atoms with Gasteiger partial charge in [0.1, 0.15) is 12.4 Å². The molecule has 1 N–H and O–H groups in total. The minimum atomic E-state index is -4.00. The zero-order chi connectivity index (χ0) is 32.7. The van der Waals surface area contributed by atoms with Crippen molar-refractivity contribution in [2.24, 2.45) is 0 Å². The van der Waals surface area contributed by atoms with Gasteiger partial charge in [0.2, 0.25) is 0 Å². The predicted octanol–water partition coefficient (Wildman–Crippen LogP) is 8.99. The first kappa shape index (κ1) is 31.8. The van der Waals surface area contributed by atoms with Crippen LogP contribution in [0.3, 0.4) is 0 Å². The fourth-order valence-corrected chi connectivity index (χ4v) is 8.48. The maximum absolute atomic E-state index is 12.4. The van der Waals surface area contributed by atoms with Gasteiger partial charge in [0.15, 0.2) is 0 Å². The minimum absolute atomic E-state index is 0.173. The Morgan fingerprint density at radius 1 is 0.809 bits per heavy atom. The molecule has 0 bridgehead atoms. The van der Waals surface area contributed by atoms with Gasteiger partial charge >= 0.3 is 10.2 Å². The molecule has 0 unspecified atom stereocenters. The fraction of sp³-hybridized carbons (Fsp3) is 0.222. The lowest BCUT2D eigenvalue weighted by Gasteiger charge is -2.22. The van der Waals surface area contributed by atoms with E-state index in [9.17, 15) is 13.2 Å². The monoisotopic (exact) mass is 704 g/mol. The number of nitrogens with one attached hydrogen (secondary N) is 1. The first-order chi connectivity index (χ1) is 22.6. The van der Waals surface area contributed by atoms with Gasteiger partial charge in [-0.1, -0.05) is 103 Å². The average molecular weight is 706 g/mol. The summed E-state index contributed by atoms with van der Waals surface area (Å²) in [5, 5.41) is 1.17. The molecule has 4 aromatic carbocycles. The van der Waals surface area contributed by atoms with E-state index in [2.05, 4.69) is 48.5 Å². The topological polar surface area (TPSA) is 84.3 Å². The Labute approximate surface area is 289 Å². The molecule has 1 aromatic heterocycles. The molecule has 1 saturated carbocycles. The Balaban J connectivity index is 1.19. The van der Waals surface area contributed by atoms with Crippen molar-refractivity contribution in [3.05, 3.63) is 123 Å². The smallest absolute Gasteiger partial charge is 0.303 e. The molecule has 11 heteroatoms. The highest BCUT2D eigenvalue weighted by atomic mass is 35.5. The van der Waals surface area contributed by atoms with E-state index < -0.39 is 16.1 Å². The van der Waals surface area contributed by atoms with E-state index in [0.29, 0.717) is 33.8 Å². The SMILES string of the molecule is O=C1CN(c2ccc(-n3cc(-c4ccc(Cl)cc4Cl)nc3Cc3ccc(-c4ccc(C5CCCCC5)cc4)cc3)cc2Cl)S(=O)(=O)N1. The van der Waals surface area contributed by atoms with Gasteiger partial charge in [-0.15, -0.1) is 0 Å². The summed E-state index contributed by atoms with van der Waals surface area (Å²) in [7, 11) is -4.00. The number of carbonyl (C=O) groups is 1. The maximum Gasteiger partial charge on any atom is 0.326 e. The van der Waals surface area contributed by atoms with Crippen LogP contribution in [-0.2, 0) is 21.4 Å². The normalized spacial score (nSPS) is 16.4. The number of benzene rings is 4. The van der Waals surface area contributed by atoms with Crippen LogP contribution >= 0.6 is 34.8 Å². The molecule has 2 aliphatic rings. The summed E-state index contributed by atoms with van der Waals surface area (Å²) in [6.07, 6.45) is 8.93. The van der Waals surface area contributed by atoms with Gasteiger partial charge in [0, 0.05) is 28.9 Å². The number of anilines is 1. The summed E-state index contributed by atoms with van der Waals surface area (Å²) >= 11 is 19.4. The molecule has 1 amide bonds. The average Bonchev–Trinajstić information content (AvgIpc) is 3.60. The minimum Gasteiger partial charge on any atom is -0.303 e. The third-order valence-electron chi connectivity index (χ3n) is 8.92.